The van der Waals surface area contributed by atoms with Crippen LogP contribution in [0.3, 0.4) is 0 Å². The molecule has 1 heterocycles. The Morgan fingerprint density at radius 3 is 2.17 bits per heavy atom. The van der Waals surface area contributed by atoms with Crippen LogP contribution in [0.5, 0.6) is 0 Å². The fourth-order valence-corrected chi connectivity index (χ4v) is 4.45. The number of nitrogens with one attached hydrogen (secondary N) is 2. The number of urea groups is 1. The zero-order chi connectivity index (χ0) is 28.6. The van der Waals surface area contributed by atoms with Crippen LogP contribution in [0.15, 0.2) is 72.8 Å². The summed E-state index contributed by atoms with van der Waals surface area (Å²) < 4.78 is 26.8. The van der Waals surface area contributed by atoms with Gasteiger partial charge in [0.15, 0.2) is 0 Å². The Bertz CT molecular complexity index is 1320. The van der Waals surface area contributed by atoms with Crippen LogP contribution in [0.2, 0.25) is 0 Å². The number of carbonyl (C=O) groups is 3. The van der Waals surface area contributed by atoms with E-state index in [4.69, 9.17) is 0 Å². The number of hydrogen-bond acceptors (Lipinski definition) is 4. The van der Waals surface area contributed by atoms with Crippen molar-refractivity contribution >= 4 is 29.2 Å². The van der Waals surface area contributed by atoms with Gasteiger partial charge in [0.1, 0.15) is 18.2 Å². The first-order chi connectivity index (χ1) is 19.2. The van der Waals surface area contributed by atoms with E-state index in [1.807, 2.05) is 26.0 Å². The van der Waals surface area contributed by atoms with Crippen molar-refractivity contribution in [3.8, 4) is 0 Å². The topological polar surface area (TPSA) is 85.0 Å². The normalized spacial score (nSPS) is 13.2. The molecule has 3 aromatic carbocycles. The lowest BCUT2D eigenvalue weighted by atomic mass is 10.1. The fourth-order valence-electron chi connectivity index (χ4n) is 4.45. The standard InChI is InChI=1S/C30H33F2N5O3/c1-21(2)33-30(40)37(19-22-6-8-24(31)9-7-22)20-28(38)34-26-10-12-27(13-11-26)35-14-16-36(17-15-35)29(39)23-4-3-5-25(32)18-23/h3-13,18,21H,14-17,19-20H2,1-2H3,(H,33,40)(H,34,38). The number of hydrogen-bond donors (Lipinski definition) is 2. The average molecular weight is 550 g/mol. The molecule has 210 valence electrons. The van der Waals surface area contributed by atoms with Gasteiger partial charge in [0, 0.05) is 55.7 Å². The maximum Gasteiger partial charge on any atom is 0.318 e. The Kier molecular flexibility index (Phi) is 9.31. The Hall–Kier alpha value is -4.47. The Labute approximate surface area is 232 Å². The van der Waals surface area contributed by atoms with E-state index in [-0.39, 0.29) is 42.8 Å². The lowest BCUT2D eigenvalue weighted by Gasteiger charge is -2.36. The van der Waals surface area contributed by atoms with Crippen molar-refractivity contribution in [1.82, 2.24) is 15.1 Å². The minimum absolute atomic E-state index is 0.111. The molecule has 10 heteroatoms. The number of amides is 4. The number of benzene rings is 3. The first kappa shape index (κ1) is 28.5. The summed E-state index contributed by atoms with van der Waals surface area (Å²) in [5, 5.41) is 5.62. The monoisotopic (exact) mass is 549 g/mol. The van der Waals surface area contributed by atoms with E-state index >= 15 is 0 Å². The number of rotatable bonds is 8. The molecule has 1 fully saturated rings. The summed E-state index contributed by atoms with van der Waals surface area (Å²) >= 11 is 0. The third kappa shape index (κ3) is 7.78. The molecule has 1 aliphatic heterocycles. The third-order valence-electron chi connectivity index (χ3n) is 6.48. The predicted molar refractivity (Wildman–Crippen MR) is 150 cm³/mol. The Morgan fingerprint density at radius 2 is 1.55 bits per heavy atom. The summed E-state index contributed by atoms with van der Waals surface area (Å²) in [4.78, 5) is 43.4. The maximum absolute atomic E-state index is 13.5. The molecular formula is C30H33F2N5O3. The highest BCUT2D eigenvalue weighted by molar-refractivity contribution is 5.95. The van der Waals surface area contributed by atoms with E-state index < -0.39 is 5.82 Å². The number of halogens is 2. The predicted octanol–water partition coefficient (Wildman–Crippen LogP) is 4.49. The molecule has 0 spiro atoms. The van der Waals surface area contributed by atoms with Gasteiger partial charge in [-0.1, -0.05) is 18.2 Å². The van der Waals surface area contributed by atoms with Crippen molar-refractivity contribution in [2.75, 3.05) is 42.9 Å². The van der Waals surface area contributed by atoms with E-state index in [9.17, 15) is 23.2 Å². The van der Waals surface area contributed by atoms with Crippen LogP contribution in [0.1, 0.15) is 29.8 Å². The summed E-state index contributed by atoms with van der Waals surface area (Å²) in [5.74, 6) is -1.36. The van der Waals surface area contributed by atoms with Crippen LogP contribution < -0.4 is 15.5 Å². The van der Waals surface area contributed by atoms with Crippen molar-refractivity contribution in [1.29, 1.82) is 0 Å². The third-order valence-corrected chi connectivity index (χ3v) is 6.48. The van der Waals surface area contributed by atoms with Crippen molar-refractivity contribution in [2.45, 2.75) is 26.4 Å². The van der Waals surface area contributed by atoms with Gasteiger partial charge >= 0.3 is 6.03 Å². The van der Waals surface area contributed by atoms with Crippen molar-refractivity contribution in [3.63, 3.8) is 0 Å². The molecule has 0 bridgehead atoms. The molecule has 0 radical (unpaired) electrons. The van der Waals surface area contributed by atoms with Gasteiger partial charge in [-0.25, -0.2) is 13.6 Å². The van der Waals surface area contributed by atoms with Crippen LogP contribution >= 0.6 is 0 Å². The van der Waals surface area contributed by atoms with Gasteiger partial charge in [-0.3, -0.25) is 9.59 Å². The lowest BCUT2D eigenvalue weighted by Crippen LogP contribution is -2.48. The van der Waals surface area contributed by atoms with Gasteiger partial charge in [-0.05, 0) is 74.0 Å². The number of anilines is 2. The Balaban J connectivity index is 1.31. The van der Waals surface area contributed by atoms with Gasteiger partial charge in [-0.2, -0.15) is 0 Å². The largest absolute Gasteiger partial charge is 0.368 e. The summed E-state index contributed by atoms with van der Waals surface area (Å²) in [7, 11) is 0. The highest BCUT2D eigenvalue weighted by Crippen LogP contribution is 2.21. The SMILES string of the molecule is CC(C)NC(=O)N(CC(=O)Nc1ccc(N2CCN(C(=O)c3cccc(F)c3)CC2)cc1)Cc1ccc(F)cc1. The quantitative estimate of drug-likeness (QED) is 0.434. The average Bonchev–Trinajstić information content (AvgIpc) is 2.93. The maximum atomic E-state index is 13.5. The molecule has 4 amide bonds. The number of nitrogens with zero attached hydrogens (tertiary/aromatic N) is 3. The lowest BCUT2D eigenvalue weighted by molar-refractivity contribution is -0.116. The van der Waals surface area contributed by atoms with Crippen molar-refractivity contribution < 1.29 is 23.2 Å². The summed E-state index contributed by atoms with van der Waals surface area (Å²) in [6.45, 7) is 5.89. The van der Waals surface area contributed by atoms with Crippen molar-refractivity contribution in [2.24, 2.45) is 0 Å². The second kappa shape index (κ2) is 13.1. The molecule has 3 aromatic rings. The van der Waals surface area contributed by atoms with E-state index in [0.29, 0.717) is 43.0 Å². The zero-order valence-corrected chi connectivity index (χ0v) is 22.6. The molecule has 4 rings (SSSR count). The number of piperazine rings is 1. The highest BCUT2D eigenvalue weighted by Gasteiger charge is 2.23. The van der Waals surface area contributed by atoms with Crippen molar-refractivity contribution in [3.05, 3.63) is 95.6 Å². The highest BCUT2D eigenvalue weighted by atomic mass is 19.1. The van der Waals surface area contributed by atoms with Crippen LogP contribution in [-0.4, -0.2) is 66.4 Å². The zero-order valence-electron chi connectivity index (χ0n) is 22.6. The van der Waals surface area contributed by atoms with Crippen LogP contribution in [0.4, 0.5) is 25.0 Å². The molecule has 0 atom stereocenters. The molecule has 0 saturated carbocycles. The summed E-state index contributed by atoms with van der Waals surface area (Å²) in [6, 6.07) is 18.4. The van der Waals surface area contributed by atoms with E-state index in [1.54, 1.807) is 35.2 Å². The molecule has 0 aliphatic carbocycles. The second-order valence-electron chi connectivity index (χ2n) is 9.97. The molecule has 0 unspecified atom stereocenters. The number of carbonyl (C=O) groups excluding carboxylic acids is 3. The first-order valence-corrected chi connectivity index (χ1v) is 13.2. The van der Waals surface area contributed by atoms with Crippen LogP contribution in [0.25, 0.3) is 0 Å². The van der Waals surface area contributed by atoms with Crippen LogP contribution in [-0.2, 0) is 11.3 Å². The smallest absolute Gasteiger partial charge is 0.318 e. The second-order valence-corrected chi connectivity index (χ2v) is 9.97. The molecule has 0 aromatic heterocycles. The van der Waals surface area contributed by atoms with Gasteiger partial charge in [0.25, 0.3) is 5.91 Å². The van der Waals surface area contributed by atoms with Gasteiger partial charge in [-0.15, -0.1) is 0 Å². The van der Waals surface area contributed by atoms with E-state index in [2.05, 4.69) is 15.5 Å². The fraction of sp³-hybridized carbons (Fsp3) is 0.300. The van der Waals surface area contributed by atoms with Crippen LogP contribution in [0, 0.1) is 11.6 Å². The summed E-state index contributed by atoms with van der Waals surface area (Å²) in [6.07, 6.45) is 0. The molecule has 1 aliphatic rings. The first-order valence-electron chi connectivity index (χ1n) is 13.2. The molecular weight excluding hydrogens is 516 g/mol. The minimum Gasteiger partial charge on any atom is -0.368 e. The molecule has 8 nitrogen and oxygen atoms in total. The van der Waals surface area contributed by atoms with E-state index in [1.165, 1.54) is 35.2 Å². The summed E-state index contributed by atoms with van der Waals surface area (Å²) in [5.41, 5.74) is 2.58. The Morgan fingerprint density at radius 1 is 0.875 bits per heavy atom. The molecule has 1 saturated heterocycles. The minimum atomic E-state index is -0.434. The van der Waals surface area contributed by atoms with E-state index in [0.717, 1.165) is 5.69 Å². The van der Waals surface area contributed by atoms with Gasteiger partial charge in [0.05, 0.1) is 0 Å². The van der Waals surface area contributed by atoms with Gasteiger partial charge in [0.2, 0.25) is 5.91 Å². The molecule has 2 N–H and O–H groups in total. The van der Waals surface area contributed by atoms with Gasteiger partial charge < -0.3 is 25.3 Å². The molecule has 40 heavy (non-hydrogen) atoms.